The van der Waals surface area contributed by atoms with E-state index in [1.54, 1.807) is 29.2 Å². The van der Waals surface area contributed by atoms with Crippen molar-refractivity contribution >= 4 is 57.4 Å². The predicted octanol–water partition coefficient (Wildman–Crippen LogP) is 6.93. The average molecular weight is 574 g/mol. The Morgan fingerprint density at radius 2 is 1.89 bits per heavy atom. The third-order valence-corrected chi connectivity index (χ3v) is 8.40. The van der Waals surface area contributed by atoms with E-state index >= 15 is 0 Å². The number of halogens is 6. The highest BCUT2D eigenvalue weighted by Gasteiger charge is 2.42. The summed E-state index contributed by atoms with van der Waals surface area (Å²) in [5, 5.41) is 4.25. The number of piperidine rings is 1. The topological polar surface area (TPSA) is 50.2 Å². The summed E-state index contributed by atoms with van der Waals surface area (Å²) in [7, 11) is 1.85. The number of carbonyl (C=O) groups excluding carboxylic acids is 1. The molecule has 0 bridgehead atoms. The fraction of sp³-hybridized carbons (Fsp3) is 0.462. The highest BCUT2D eigenvalue weighted by Crippen LogP contribution is 2.39. The van der Waals surface area contributed by atoms with Crippen molar-refractivity contribution in [2.75, 3.05) is 18.0 Å². The summed E-state index contributed by atoms with van der Waals surface area (Å²) in [5.41, 5.74) is 3.42. The lowest BCUT2D eigenvalue weighted by atomic mass is 9.97. The summed E-state index contributed by atoms with van der Waals surface area (Å²) in [5.74, 6) is -0.559. The number of aryl methyl sites for hydroxylation is 1. The van der Waals surface area contributed by atoms with E-state index in [1.807, 2.05) is 11.6 Å². The van der Waals surface area contributed by atoms with Gasteiger partial charge in [0, 0.05) is 44.0 Å². The smallest absolute Gasteiger partial charge is 0.370 e. The van der Waals surface area contributed by atoms with Gasteiger partial charge in [0.15, 0.2) is 0 Å². The predicted molar refractivity (Wildman–Crippen MR) is 141 cm³/mol. The zero-order valence-corrected chi connectivity index (χ0v) is 22.4. The van der Waals surface area contributed by atoms with E-state index in [-0.39, 0.29) is 24.8 Å². The van der Waals surface area contributed by atoms with Crippen LogP contribution in [0.5, 0.6) is 0 Å². The van der Waals surface area contributed by atoms with Gasteiger partial charge in [-0.15, -0.1) is 0 Å². The van der Waals surface area contributed by atoms with Gasteiger partial charge in [0.2, 0.25) is 5.91 Å². The molecule has 1 saturated heterocycles. The van der Waals surface area contributed by atoms with Gasteiger partial charge in [-0.3, -0.25) is 4.79 Å². The molecule has 0 spiro atoms. The van der Waals surface area contributed by atoms with E-state index in [1.165, 1.54) is 0 Å². The fourth-order valence-electron chi connectivity index (χ4n) is 4.89. The van der Waals surface area contributed by atoms with Crippen LogP contribution in [0.2, 0.25) is 15.1 Å². The van der Waals surface area contributed by atoms with Crippen molar-refractivity contribution in [3.05, 3.63) is 56.3 Å². The van der Waals surface area contributed by atoms with E-state index in [9.17, 15) is 18.0 Å². The molecule has 1 aliphatic carbocycles. The van der Waals surface area contributed by atoms with Crippen LogP contribution in [0.1, 0.15) is 42.6 Å². The maximum atomic E-state index is 13.4. The summed E-state index contributed by atoms with van der Waals surface area (Å²) < 4.78 is 42.0. The number of carbonyl (C=O) groups is 1. The van der Waals surface area contributed by atoms with E-state index < -0.39 is 12.1 Å². The lowest BCUT2D eigenvalue weighted by Crippen LogP contribution is -2.41. The zero-order valence-electron chi connectivity index (χ0n) is 20.1. The largest absolute Gasteiger partial charge is 0.393 e. The van der Waals surface area contributed by atoms with E-state index in [0.717, 1.165) is 23.9 Å². The van der Waals surface area contributed by atoms with Gasteiger partial charge in [-0.25, -0.2) is 4.98 Å². The standard InChI is InChI=1S/C26H26Cl3F3N4O/c1-35-22-11-21(36-8-2-3-16(13-36)26(30,31)32)19(28)10-20(22)34-23(35)9-17-18(27)7-6-15(24(17)29)12-33-25(37)14-4-5-14/h6-7,10-11,14,16H,2-5,8-9,12-13H2,1H3,(H,33,37). The van der Waals surface area contributed by atoms with Crippen molar-refractivity contribution in [1.29, 1.82) is 0 Å². The minimum absolute atomic E-state index is 0.0332. The number of hydrogen-bond acceptors (Lipinski definition) is 3. The summed E-state index contributed by atoms with van der Waals surface area (Å²) in [6.07, 6.45) is -1.48. The van der Waals surface area contributed by atoms with Crippen molar-refractivity contribution < 1.29 is 18.0 Å². The molecule has 1 saturated carbocycles. The molecule has 5 nitrogen and oxygen atoms in total. The Bertz CT molecular complexity index is 1350. The van der Waals surface area contributed by atoms with Gasteiger partial charge in [-0.1, -0.05) is 40.9 Å². The van der Waals surface area contributed by atoms with Crippen molar-refractivity contribution in [2.24, 2.45) is 18.9 Å². The molecule has 5 rings (SSSR count). The normalized spacial score (nSPS) is 18.5. The number of fused-ring (bicyclic) bond motifs is 1. The number of rotatable bonds is 6. The number of nitrogens with zero attached hydrogens (tertiary/aromatic N) is 3. The molecule has 198 valence electrons. The van der Waals surface area contributed by atoms with Crippen LogP contribution < -0.4 is 10.2 Å². The third kappa shape index (κ3) is 5.52. The first-order valence-corrected chi connectivity index (χ1v) is 13.4. The summed E-state index contributed by atoms with van der Waals surface area (Å²) in [6.45, 7) is 0.709. The molecular weight excluding hydrogens is 548 g/mol. The van der Waals surface area contributed by atoms with Crippen LogP contribution in [0.25, 0.3) is 11.0 Å². The Morgan fingerprint density at radius 1 is 1.14 bits per heavy atom. The van der Waals surface area contributed by atoms with Crippen LogP contribution in [0.4, 0.5) is 18.9 Å². The maximum absolute atomic E-state index is 13.4. The molecule has 2 heterocycles. The van der Waals surface area contributed by atoms with Gasteiger partial charge >= 0.3 is 6.18 Å². The van der Waals surface area contributed by atoms with E-state index in [4.69, 9.17) is 39.8 Å². The molecule has 1 amide bonds. The Kier molecular flexibility index (Phi) is 7.29. The molecular formula is C26H26Cl3F3N4O. The van der Waals surface area contributed by atoms with Crippen LogP contribution in [0.3, 0.4) is 0 Å². The molecule has 11 heteroatoms. The van der Waals surface area contributed by atoms with Gasteiger partial charge in [0.25, 0.3) is 0 Å². The second-order valence-electron chi connectivity index (χ2n) is 9.87. The van der Waals surface area contributed by atoms with Gasteiger partial charge in [0.05, 0.1) is 32.7 Å². The number of amides is 1. The molecule has 1 N–H and O–H groups in total. The Morgan fingerprint density at radius 3 is 2.59 bits per heavy atom. The van der Waals surface area contributed by atoms with Gasteiger partial charge in [-0.05, 0) is 55.0 Å². The second-order valence-corrected chi connectivity index (χ2v) is 11.1. The molecule has 3 aromatic rings. The summed E-state index contributed by atoms with van der Waals surface area (Å²) >= 11 is 19.7. The summed E-state index contributed by atoms with van der Waals surface area (Å²) in [4.78, 5) is 18.5. The van der Waals surface area contributed by atoms with Crippen LogP contribution >= 0.6 is 34.8 Å². The highest BCUT2D eigenvalue weighted by atomic mass is 35.5. The first-order valence-electron chi connectivity index (χ1n) is 12.2. The maximum Gasteiger partial charge on any atom is 0.393 e. The quantitative estimate of drug-likeness (QED) is 0.348. The molecule has 1 aliphatic heterocycles. The number of hydrogen-bond donors (Lipinski definition) is 1. The van der Waals surface area contributed by atoms with Crippen LogP contribution in [0, 0.1) is 11.8 Å². The zero-order chi connectivity index (χ0) is 26.5. The Balaban J connectivity index is 1.41. The Hall–Kier alpha value is -2.16. The van der Waals surface area contributed by atoms with Gasteiger partial charge in [0.1, 0.15) is 5.82 Å². The molecule has 37 heavy (non-hydrogen) atoms. The lowest BCUT2D eigenvalue weighted by Gasteiger charge is -2.35. The van der Waals surface area contributed by atoms with E-state index in [0.29, 0.717) is 63.6 Å². The Labute approximate surface area is 227 Å². The van der Waals surface area contributed by atoms with E-state index in [2.05, 4.69) is 5.32 Å². The first-order chi connectivity index (χ1) is 17.5. The van der Waals surface area contributed by atoms with Crippen molar-refractivity contribution in [2.45, 2.75) is 44.8 Å². The molecule has 2 aromatic carbocycles. The number of aromatic nitrogens is 2. The number of anilines is 1. The van der Waals surface area contributed by atoms with Crippen molar-refractivity contribution in [3.8, 4) is 0 Å². The number of alkyl halides is 3. The fourth-order valence-corrected chi connectivity index (χ4v) is 5.74. The molecule has 2 aliphatic rings. The van der Waals surface area contributed by atoms with Crippen LogP contribution in [-0.2, 0) is 24.8 Å². The molecule has 0 radical (unpaired) electrons. The third-order valence-electron chi connectivity index (χ3n) is 7.27. The number of nitrogens with one attached hydrogen (secondary N) is 1. The molecule has 2 fully saturated rings. The number of imidazole rings is 1. The second kappa shape index (κ2) is 10.2. The number of benzene rings is 2. The van der Waals surface area contributed by atoms with Crippen LogP contribution in [0.15, 0.2) is 24.3 Å². The molecule has 1 atom stereocenters. The molecule has 1 unspecified atom stereocenters. The minimum Gasteiger partial charge on any atom is -0.370 e. The SMILES string of the molecule is Cn1c(Cc2c(Cl)ccc(CNC(=O)C3CC3)c2Cl)nc2cc(Cl)c(N3CCCC(C(F)(F)F)C3)cc21. The average Bonchev–Trinajstić information content (AvgIpc) is 3.66. The van der Waals surface area contributed by atoms with Crippen LogP contribution in [-0.4, -0.2) is 34.7 Å². The van der Waals surface area contributed by atoms with Gasteiger partial charge in [-0.2, -0.15) is 13.2 Å². The first kappa shape index (κ1) is 26.4. The highest BCUT2D eigenvalue weighted by molar-refractivity contribution is 6.36. The lowest BCUT2D eigenvalue weighted by molar-refractivity contribution is -0.176. The molecule has 1 aromatic heterocycles. The monoisotopic (exact) mass is 572 g/mol. The van der Waals surface area contributed by atoms with Gasteiger partial charge < -0.3 is 14.8 Å². The van der Waals surface area contributed by atoms with Crippen molar-refractivity contribution in [1.82, 2.24) is 14.9 Å². The van der Waals surface area contributed by atoms with Crippen molar-refractivity contribution in [3.63, 3.8) is 0 Å². The minimum atomic E-state index is -4.23. The summed E-state index contributed by atoms with van der Waals surface area (Å²) in [6, 6.07) is 7.06.